The second-order valence-corrected chi connectivity index (χ2v) is 4.87. The standard InChI is InChI=1S/C10H15FN2OS/c1-15(14)4-2-3-12-6-9-5-10(11)8-13-7-9/h5,7-8,12H,2-4,6H2,1H3. The molecule has 0 aromatic carbocycles. The molecule has 0 spiro atoms. The van der Waals surface area contributed by atoms with E-state index in [0.29, 0.717) is 12.3 Å². The maximum atomic E-state index is 12.7. The molecule has 0 saturated carbocycles. The lowest BCUT2D eigenvalue weighted by atomic mass is 10.3. The van der Waals surface area contributed by atoms with Gasteiger partial charge in [0.2, 0.25) is 0 Å². The van der Waals surface area contributed by atoms with Crippen molar-refractivity contribution in [1.82, 2.24) is 10.3 Å². The van der Waals surface area contributed by atoms with Crippen LogP contribution in [0.15, 0.2) is 18.5 Å². The van der Waals surface area contributed by atoms with E-state index in [9.17, 15) is 8.60 Å². The number of halogens is 1. The summed E-state index contributed by atoms with van der Waals surface area (Å²) in [6.07, 6.45) is 5.38. The van der Waals surface area contributed by atoms with E-state index in [1.165, 1.54) is 12.3 Å². The summed E-state index contributed by atoms with van der Waals surface area (Å²) in [5, 5.41) is 3.14. The summed E-state index contributed by atoms with van der Waals surface area (Å²) in [5.41, 5.74) is 0.827. The van der Waals surface area contributed by atoms with Crippen molar-refractivity contribution in [3.8, 4) is 0 Å². The lowest BCUT2D eigenvalue weighted by Crippen LogP contribution is -2.16. The van der Waals surface area contributed by atoms with Crippen molar-refractivity contribution in [3.05, 3.63) is 29.8 Å². The van der Waals surface area contributed by atoms with Gasteiger partial charge in [0.05, 0.1) is 6.20 Å². The van der Waals surface area contributed by atoms with Crippen LogP contribution in [0.5, 0.6) is 0 Å². The minimum atomic E-state index is -0.730. The van der Waals surface area contributed by atoms with Gasteiger partial charge in [-0.15, -0.1) is 0 Å². The number of nitrogens with zero attached hydrogens (tertiary/aromatic N) is 1. The topological polar surface area (TPSA) is 42.0 Å². The van der Waals surface area contributed by atoms with Crippen LogP contribution in [-0.4, -0.2) is 27.7 Å². The molecule has 0 aliphatic rings. The molecule has 0 aliphatic carbocycles. The molecule has 1 unspecified atom stereocenters. The summed E-state index contributed by atoms with van der Waals surface area (Å²) in [7, 11) is -0.730. The third-order valence-corrected chi connectivity index (χ3v) is 2.74. The fourth-order valence-electron chi connectivity index (χ4n) is 1.19. The highest BCUT2D eigenvalue weighted by atomic mass is 32.2. The van der Waals surface area contributed by atoms with E-state index < -0.39 is 10.8 Å². The maximum absolute atomic E-state index is 12.7. The van der Waals surface area contributed by atoms with Gasteiger partial charge in [-0.3, -0.25) is 9.19 Å². The molecule has 84 valence electrons. The van der Waals surface area contributed by atoms with Gasteiger partial charge in [-0.1, -0.05) is 0 Å². The van der Waals surface area contributed by atoms with Crippen molar-refractivity contribution in [2.75, 3.05) is 18.6 Å². The number of nitrogens with one attached hydrogen (secondary N) is 1. The smallest absolute Gasteiger partial charge is 0.141 e. The average Bonchev–Trinajstić information content (AvgIpc) is 2.17. The van der Waals surface area contributed by atoms with Crippen LogP contribution in [0.4, 0.5) is 4.39 Å². The minimum absolute atomic E-state index is 0.316. The Bertz CT molecular complexity index is 333. The molecule has 0 fully saturated rings. The molecule has 1 aromatic rings. The SMILES string of the molecule is CS(=O)CCCNCc1cncc(F)c1. The van der Waals surface area contributed by atoms with Gasteiger partial charge in [0.15, 0.2) is 0 Å². The predicted octanol–water partition coefficient (Wildman–Crippen LogP) is 1.08. The Hall–Kier alpha value is -0.810. The van der Waals surface area contributed by atoms with Crippen LogP contribution in [0.3, 0.4) is 0 Å². The summed E-state index contributed by atoms with van der Waals surface area (Å²) >= 11 is 0. The summed E-state index contributed by atoms with van der Waals surface area (Å²) in [4.78, 5) is 3.75. The zero-order chi connectivity index (χ0) is 11.1. The molecule has 1 aromatic heterocycles. The van der Waals surface area contributed by atoms with E-state index in [4.69, 9.17) is 0 Å². The van der Waals surface area contributed by atoms with Gasteiger partial charge < -0.3 is 5.32 Å². The lowest BCUT2D eigenvalue weighted by Gasteiger charge is -2.03. The highest BCUT2D eigenvalue weighted by Crippen LogP contribution is 1.99. The quantitative estimate of drug-likeness (QED) is 0.744. The van der Waals surface area contributed by atoms with Gasteiger partial charge in [0.1, 0.15) is 5.82 Å². The van der Waals surface area contributed by atoms with Crippen LogP contribution in [0.2, 0.25) is 0 Å². The largest absolute Gasteiger partial charge is 0.313 e. The summed E-state index contributed by atoms with van der Waals surface area (Å²) < 4.78 is 23.5. The van der Waals surface area contributed by atoms with Crippen LogP contribution in [0.25, 0.3) is 0 Å². The summed E-state index contributed by atoms with van der Waals surface area (Å²) in [6, 6.07) is 1.46. The molecule has 0 bridgehead atoms. The van der Waals surface area contributed by atoms with Gasteiger partial charge in [-0.25, -0.2) is 4.39 Å². The van der Waals surface area contributed by atoms with Crippen molar-refractivity contribution >= 4 is 10.8 Å². The van der Waals surface area contributed by atoms with Crippen molar-refractivity contribution in [3.63, 3.8) is 0 Å². The molecule has 0 amide bonds. The molecule has 0 radical (unpaired) electrons. The highest BCUT2D eigenvalue weighted by molar-refractivity contribution is 7.84. The maximum Gasteiger partial charge on any atom is 0.141 e. The monoisotopic (exact) mass is 230 g/mol. The molecule has 1 heterocycles. The third-order valence-electron chi connectivity index (χ3n) is 1.88. The van der Waals surface area contributed by atoms with Gasteiger partial charge in [0.25, 0.3) is 0 Å². The molecular formula is C10H15FN2OS. The van der Waals surface area contributed by atoms with Crippen LogP contribution in [-0.2, 0) is 17.3 Å². The van der Waals surface area contributed by atoms with Crippen molar-refractivity contribution in [2.24, 2.45) is 0 Å². The summed E-state index contributed by atoms with van der Waals surface area (Å²) in [5.74, 6) is 0.387. The third kappa shape index (κ3) is 5.59. The van der Waals surface area contributed by atoms with Crippen LogP contribution < -0.4 is 5.32 Å². The predicted molar refractivity (Wildman–Crippen MR) is 59.5 cm³/mol. The Kier molecular flexibility index (Phi) is 5.42. The first-order chi connectivity index (χ1) is 7.18. The molecule has 3 nitrogen and oxygen atoms in total. The molecule has 1 atom stereocenters. The van der Waals surface area contributed by atoms with E-state index >= 15 is 0 Å². The fraction of sp³-hybridized carbons (Fsp3) is 0.500. The molecule has 1 rings (SSSR count). The first-order valence-corrected chi connectivity index (χ1v) is 6.51. The molecule has 15 heavy (non-hydrogen) atoms. The second kappa shape index (κ2) is 6.63. The number of aromatic nitrogens is 1. The lowest BCUT2D eigenvalue weighted by molar-refractivity contribution is 0.611. The van der Waals surface area contributed by atoms with Gasteiger partial charge in [-0.2, -0.15) is 0 Å². The molecule has 0 saturated heterocycles. The normalized spacial score (nSPS) is 12.7. The Morgan fingerprint density at radius 1 is 1.53 bits per heavy atom. The Labute approximate surface area is 91.6 Å². The Morgan fingerprint density at radius 2 is 2.33 bits per heavy atom. The van der Waals surface area contributed by atoms with E-state index in [2.05, 4.69) is 10.3 Å². The molecule has 0 aliphatic heterocycles. The van der Waals surface area contributed by atoms with Crippen LogP contribution in [0.1, 0.15) is 12.0 Å². The molecular weight excluding hydrogens is 215 g/mol. The van der Waals surface area contributed by atoms with E-state index in [-0.39, 0.29) is 5.82 Å². The van der Waals surface area contributed by atoms with Crippen LogP contribution >= 0.6 is 0 Å². The van der Waals surface area contributed by atoms with Crippen molar-refractivity contribution < 1.29 is 8.60 Å². The number of pyridine rings is 1. The first-order valence-electron chi connectivity index (χ1n) is 4.78. The average molecular weight is 230 g/mol. The number of hydrogen-bond acceptors (Lipinski definition) is 3. The number of hydrogen-bond donors (Lipinski definition) is 1. The summed E-state index contributed by atoms with van der Waals surface area (Å²) in [6.45, 7) is 1.39. The van der Waals surface area contributed by atoms with Crippen molar-refractivity contribution in [1.29, 1.82) is 0 Å². The Morgan fingerprint density at radius 3 is 3.00 bits per heavy atom. The molecule has 5 heteroatoms. The fourth-order valence-corrected chi connectivity index (χ4v) is 1.74. The van der Waals surface area contributed by atoms with Gasteiger partial charge in [-0.05, 0) is 24.6 Å². The Balaban J connectivity index is 2.17. The molecule has 1 N–H and O–H groups in total. The van der Waals surface area contributed by atoms with Crippen molar-refractivity contribution in [2.45, 2.75) is 13.0 Å². The van der Waals surface area contributed by atoms with Crippen LogP contribution in [0, 0.1) is 5.82 Å². The second-order valence-electron chi connectivity index (χ2n) is 3.32. The van der Waals surface area contributed by atoms with E-state index in [0.717, 1.165) is 18.5 Å². The van der Waals surface area contributed by atoms with Gasteiger partial charge in [0, 0.05) is 35.5 Å². The van der Waals surface area contributed by atoms with E-state index in [1.807, 2.05) is 0 Å². The van der Waals surface area contributed by atoms with Gasteiger partial charge >= 0.3 is 0 Å². The zero-order valence-corrected chi connectivity index (χ0v) is 9.52. The highest BCUT2D eigenvalue weighted by Gasteiger charge is 1.96. The first kappa shape index (κ1) is 12.3. The van der Waals surface area contributed by atoms with E-state index in [1.54, 1.807) is 12.5 Å². The zero-order valence-electron chi connectivity index (χ0n) is 8.70. The number of rotatable bonds is 6. The minimum Gasteiger partial charge on any atom is -0.313 e.